The van der Waals surface area contributed by atoms with E-state index in [-0.39, 0.29) is 0 Å². The SMILES string of the molecule is CCCCCCCCCc1cccc(CN2CCN(C)CC2)c1. The van der Waals surface area contributed by atoms with E-state index in [1.165, 1.54) is 88.7 Å². The van der Waals surface area contributed by atoms with E-state index in [0.29, 0.717) is 0 Å². The number of piperazine rings is 1. The van der Waals surface area contributed by atoms with Crippen molar-refractivity contribution in [2.75, 3.05) is 33.2 Å². The van der Waals surface area contributed by atoms with Crippen molar-refractivity contribution in [2.45, 2.75) is 64.8 Å². The van der Waals surface area contributed by atoms with E-state index in [0.717, 1.165) is 6.54 Å². The van der Waals surface area contributed by atoms with Crippen molar-refractivity contribution >= 4 is 0 Å². The minimum Gasteiger partial charge on any atom is -0.304 e. The summed E-state index contributed by atoms with van der Waals surface area (Å²) in [5.74, 6) is 0. The molecular formula is C21H36N2. The molecule has 23 heavy (non-hydrogen) atoms. The summed E-state index contributed by atoms with van der Waals surface area (Å²) >= 11 is 0. The third-order valence-corrected chi connectivity index (χ3v) is 5.06. The van der Waals surface area contributed by atoms with Gasteiger partial charge in [0.15, 0.2) is 0 Å². The summed E-state index contributed by atoms with van der Waals surface area (Å²) in [6.07, 6.45) is 11.0. The van der Waals surface area contributed by atoms with Gasteiger partial charge in [-0.05, 0) is 31.0 Å². The van der Waals surface area contributed by atoms with Gasteiger partial charge in [0.05, 0.1) is 0 Å². The summed E-state index contributed by atoms with van der Waals surface area (Å²) in [4.78, 5) is 5.01. The molecule has 0 bridgehead atoms. The highest BCUT2D eigenvalue weighted by atomic mass is 15.2. The number of nitrogens with zero attached hydrogens (tertiary/aromatic N) is 2. The quantitative estimate of drug-likeness (QED) is 0.576. The van der Waals surface area contributed by atoms with Crippen LogP contribution < -0.4 is 0 Å². The third kappa shape index (κ3) is 7.50. The van der Waals surface area contributed by atoms with E-state index in [2.05, 4.69) is 48.0 Å². The number of benzene rings is 1. The monoisotopic (exact) mass is 316 g/mol. The molecule has 130 valence electrons. The van der Waals surface area contributed by atoms with Crippen LogP contribution >= 0.6 is 0 Å². The molecule has 2 nitrogen and oxygen atoms in total. The van der Waals surface area contributed by atoms with Crippen LogP contribution in [0.4, 0.5) is 0 Å². The Morgan fingerprint density at radius 1 is 0.826 bits per heavy atom. The van der Waals surface area contributed by atoms with Gasteiger partial charge >= 0.3 is 0 Å². The van der Waals surface area contributed by atoms with E-state index in [1.54, 1.807) is 0 Å². The van der Waals surface area contributed by atoms with E-state index in [9.17, 15) is 0 Å². The van der Waals surface area contributed by atoms with Gasteiger partial charge in [-0.3, -0.25) is 4.90 Å². The molecule has 1 aliphatic rings. The van der Waals surface area contributed by atoms with Crippen LogP contribution in [-0.2, 0) is 13.0 Å². The van der Waals surface area contributed by atoms with Gasteiger partial charge in [0.2, 0.25) is 0 Å². The molecule has 1 aromatic rings. The predicted molar refractivity (Wildman–Crippen MR) is 101 cm³/mol. The largest absolute Gasteiger partial charge is 0.304 e. The Morgan fingerprint density at radius 2 is 1.48 bits per heavy atom. The molecule has 1 fully saturated rings. The lowest BCUT2D eigenvalue weighted by Gasteiger charge is -2.32. The van der Waals surface area contributed by atoms with E-state index in [4.69, 9.17) is 0 Å². The molecule has 0 atom stereocenters. The molecule has 1 saturated heterocycles. The molecule has 1 aliphatic heterocycles. The molecule has 0 saturated carbocycles. The Bertz CT molecular complexity index is 422. The van der Waals surface area contributed by atoms with Gasteiger partial charge in [-0.15, -0.1) is 0 Å². The van der Waals surface area contributed by atoms with Crippen molar-refractivity contribution < 1.29 is 0 Å². The molecule has 1 heterocycles. The number of aryl methyl sites for hydroxylation is 1. The van der Waals surface area contributed by atoms with Crippen LogP contribution in [0.3, 0.4) is 0 Å². The van der Waals surface area contributed by atoms with E-state index >= 15 is 0 Å². The number of hydrogen-bond acceptors (Lipinski definition) is 2. The van der Waals surface area contributed by atoms with Crippen LogP contribution in [0.2, 0.25) is 0 Å². The fourth-order valence-electron chi connectivity index (χ4n) is 3.43. The maximum atomic E-state index is 2.59. The predicted octanol–water partition coefficient (Wildman–Crippen LogP) is 4.73. The van der Waals surface area contributed by atoms with Crippen molar-refractivity contribution in [1.29, 1.82) is 0 Å². The third-order valence-electron chi connectivity index (χ3n) is 5.06. The van der Waals surface area contributed by atoms with Crippen LogP contribution in [0.1, 0.15) is 63.0 Å². The van der Waals surface area contributed by atoms with Crippen LogP contribution in [-0.4, -0.2) is 43.0 Å². The van der Waals surface area contributed by atoms with Crippen LogP contribution in [0.15, 0.2) is 24.3 Å². The summed E-state index contributed by atoms with van der Waals surface area (Å²) < 4.78 is 0. The van der Waals surface area contributed by atoms with Crippen molar-refractivity contribution in [3.63, 3.8) is 0 Å². The topological polar surface area (TPSA) is 6.48 Å². The van der Waals surface area contributed by atoms with E-state index < -0.39 is 0 Å². The van der Waals surface area contributed by atoms with Crippen LogP contribution in [0.25, 0.3) is 0 Å². The van der Waals surface area contributed by atoms with Gasteiger partial charge in [-0.1, -0.05) is 69.7 Å². The Kier molecular flexibility index (Phi) is 8.70. The molecule has 0 aromatic heterocycles. The van der Waals surface area contributed by atoms with Gasteiger partial charge in [0.25, 0.3) is 0 Å². The second-order valence-corrected chi connectivity index (χ2v) is 7.27. The summed E-state index contributed by atoms with van der Waals surface area (Å²) in [6.45, 7) is 8.24. The zero-order chi connectivity index (χ0) is 16.3. The lowest BCUT2D eigenvalue weighted by Crippen LogP contribution is -2.43. The van der Waals surface area contributed by atoms with E-state index in [1.807, 2.05) is 0 Å². The van der Waals surface area contributed by atoms with Crippen LogP contribution in [0, 0.1) is 0 Å². The fourth-order valence-corrected chi connectivity index (χ4v) is 3.43. The second-order valence-electron chi connectivity index (χ2n) is 7.27. The minimum atomic E-state index is 1.12. The standard InChI is InChI=1S/C21H36N2/c1-3-4-5-6-7-8-9-11-20-12-10-13-21(18-20)19-23-16-14-22(2)15-17-23/h10,12-13,18H,3-9,11,14-17,19H2,1-2H3. The van der Waals surface area contributed by atoms with Gasteiger partial charge in [-0.2, -0.15) is 0 Å². The lowest BCUT2D eigenvalue weighted by atomic mass is 10.0. The van der Waals surface area contributed by atoms with Crippen LogP contribution in [0.5, 0.6) is 0 Å². The number of unbranched alkanes of at least 4 members (excludes halogenated alkanes) is 6. The normalized spacial score (nSPS) is 16.8. The first-order chi connectivity index (χ1) is 11.3. The molecule has 0 aliphatic carbocycles. The average Bonchev–Trinajstić information content (AvgIpc) is 2.57. The molecule has 0 N–H and O–H groups in total. The van der Waals surface area contributed by atoms with Gasteiger partial charge in [0, 0.05) is 32.7 Å². The summed E-state index contributed by atoms with van der Waals surface area (Å²) in [6, 6.07) is 9.30. The molecule has 0 spiro atoms. The fraction of sp³-hybridized carbons (Fsp3) is 0.714. The molecule has 2 rings (SSSR count). The average molecular weight is 317 g/mol. The van der Waals surface area contributed by atoms with Gasteiger partial charge in [0.1, 0.15) is 0 Å². The van der Waals surface area contributed by atoms with Crippen molar-refractivity contribution in [1.82, 2.24) is 9.80 Å². The highest BCUT2D eigenvalue weighted by Gasteiger charge is 2.13. The lowest BCUT2D eigenvalue weighted by molar-refractivity contribution is 0.148. The summed E-state index contributed by atoms with van der Waals surface area (Å²) in [5, 5.41) is 0. The first-order valence-corrected chi connectivity index (χ1v) is 9.76. The maximum Gasteiger partial charge on any atom is 0.0234 e. The number of rotatable bonds is 10. The number of hydrogen-bond donors (Lipinski definition) is 0. The first-order valence-electron chi connectivity index (χ1n) is 9.76. The highest BCUT2D eigenvalue weighted by molar-refractivity contribution is 5.23. The summed E-state index contributed by atoms with van der Waals surface area (Å²) in [5.41, 5.74) is 3.03. The molecule has 0 amide bonds. The minimum absolute atomic E-state index is 1.12. The Hall–Kier alpha value is -0.860. The zero-order valence-corrected chi connectivity index (χ0v) is 15.4. The van der Waals surface area contributed by atoms with Crippen molar-refractivity contribution in [3.05, 3.63) is 35.4 Å². The second kappa shape index (κ2) is 10.8. The summed E-state index contributed by atoms with van der Waals surface area (Å²) in [7, 11) is 2.22. The zero-order valence-electron chi connectivity index (χ0n) is 15.4. The Labute approximate surface area is 143 Å². The molecule has 2 heteroatoms. The smallest absolute Gasteiger partial charge is 0.0234 e. The molecule has 0 radical (unpaired) electrons. The molecule has 1 aromatic carbocycles. The molecule has 0 unspecified atom stereocenters. The number of likely N-dealkylation sites (N-methyl/N-ethyl adjacent to an activating group) is 1. The van der Waals surface area contributed by atoms with Crippen molar-refractivity contribution in [3.8, 4) is 0 Å². The first kappa shape index (κ1) is 18.5. The van der Waals surface area contributed by atoms with Crippen molar-refractivity contribution in [2.24, 2.45) is 0 Å². The highest BCUT2D eigenvalue weighted by Crippen LogP contribution is 2.14. The van der Waals surface area contributed by atoms with Gasteiger partial charge < -0.3 is 4.90 Å². The maximum absolute atomic E-state index is 2.59. The molecular weight excluding hydrogens is 280 g/mol. The Balaban J connectivity index is 1.66. The Morgan fingerprint density at radius 3 is 2.22 bits per heavy atom. The van der Waals surface area contributed by atoms with Gasteiger partial charge in [-0.25, -0.2) is 0 Å².